The monoisotopic (exact) mass is 407 g/mol. The molecule has 7 nitrogen and oxygen atoms in total. The quantitative estimate of drug-likeness (QED) is 0.683. The summed E-state index contributed by atoms with van der Waals surface area (Å²) >= 11 is 0. The van der Waals surface area contributed by atoms with Crippen molar-refractivity contribution in [3.05, 3.63) is 59.9 Å². The third-order valence-corrected chi connectivity index (χ3v) is 4.84. The molecule has 0 aliphatic rings. The zero-order valence-electron chi connectivity index (χ0n) is 15.7. The van der Waals surface area contributed by atoms with Gasteiger partial charge in [0.05, 0.1) is 11.4 Å². The summed E-state index contributed by atoms with van der Waals surface area (Å²) in [5, 5.41) is 5.22. The van der Waals surface area contributed by atoms with Gasteiger partial charge in [0.25, 0.3) is 15.9 Å². The second-order valence-electron chi connectivity index (χ2n) is 7.12. The topological polar surface area (TPSA) is 104 Å². The van der Waals surface area contributed by atoms with Gasteiger partial charge >= 0.3 is 0 Å². The molecule has 0 spiro atoms. The van der Waals surface area contributed by atoms with Crippen molar-refractivity contribution in [2.75, 3.05) is 11.3 Å². The molecule has 0 atom stereocenters. The number of halogens is 1. The van der Waals surface area contributed by atoms with Crippen LogP contribution in [-0.4, -0.2) is 32.3 Å². The molecule has 3 N–H and O–H groups in total. The highest BCUT2D eigenvalue weighted by Crippen LogP contribution is 2.17. The number of sulfonamides is 1. The van der Waals surface area contributed by atoms with Crippen LogP contribution in [0, 0.1) is 5.82 Å². The highest BCUT2D eigenvalue weighted by molar-refractivity contribution is 7.92. The molecule has 0 unspecified atom stereocenters. The molecular weight excluding hydrogens is 385 g/mol. The zero-order chi connectivity index (χ0) is 20.9. The van der Waals surface area contributed by atoms with Crippen LogP contribution in [-0.2, 0) is 14.8 Å². The van der Waals surface area contributed by atoms with Gasteiger partial charge in [0.1, 0.15) is 5.82 Å². The van der Waals surface area contributed by atoms with Crippen LogP contribution >= 0.6 is 0 Å². The molecule has 2 amide bonds. The molecule has 9 heteroatoms. The van der Waals surface area contributed by atoms with Crippen LogP contribution < -0.4 is 15.4 Å². The average molecular weight is 407 g/mol. The summed E-state index contributed by atoms with van der Waals surface area (Å²) in [7, 11) is -3.87. The Bertz CT molecular complexity index is 950. The first-order valence-electron chi connectivity index (χ1n) is 8.44. The summed E-state index contributed by atoms with van der Waals surface area (Å²) in [4.78, 5) is 23.8. The van der Waals surface area contributed by atoms with E-state index in [-0.39, 0.29) is 28.6 Å². The van der Waals surface area contributed by atoms with Gasteiger partial charge in [-0.15, -0.1) is 0 Å². The lowest BCUT2D eigenvalue weighted by Gasteiger charge is -2.20. The zero-order valence-corrected chi connectivity index (χ0v) is 16.6. The molecule has 0 radical (unpaired) electrons. The van der Waals surface area contributed by atoms with Crippen molar-refractivity contribution in [3.8, 4) is 0 Å². The molecule has 0 fully saturated rings. The summed E-state index contributed by atoms with van der Waals surface area (Å²) < 4.78 is 39.8. The summed E-state index contributed by atoms with van der Waals surface area (Å²) in [5.41, 5.74) is 0.116. The molecule has 2 aromatic carbocycles. The lowest BCUT2D eigenvalue weighted by Crippen LogP contribution is -2.45. The SMILES string of the molecule is CC(C)(C)NC(=O)CNC(=O)c1ccc(NS(=O)(=O)c2ccc(F)cc2)cc1. The molecule has 0 aromatic heterocycles. The predicted octanol–water partition coefficient (Wildman–Crippen LogP) is 2.27. The molecule has 0 bridgehead atoms. The third kappa shape index (κ3) is 6.34. The van der Waals surface area contributed by atoms with Gasteiger partial charge < -0.3 is 10.6 Å². The van der Waals surface area contributed by atoms with Crippen LogP contribution in [0.15, 0.2) is 53.4 Å². The summed E-state index contributed by atoms with van der Waals surface area (Å²) in [5.74, 6) is -1.31. The number of carbonyl (C=O) groups is 2. The lowest BCUT2D eigenvalue weighted by atomic mass is 10.1. The van der Waals surface area contributed by atoms with Gasteiger partial charge in [0.2, 0.25) is 5.91 Å². The average Bonchev–Trinajstić information content (AvgIpc) is 2.59. The first-order valence-corrected chi connectivity index (χ1v) is 9.92. The molecule has 0 aliphatic heterocycles. The molecule has 2 rings (SSSR count). The fourth-order valence-electron chi connectivity index (χ4n) is 2.24. The first kappa shape index (κ1) is 21.4. The maximum absolute atomic E-state index is 12.9. The Balaban J connectivity index is 1.98. The van der Waals surface area contributed by atoms with E-state index >= 15 is 0 Å². The standard InChI is InChI=1S/C19H22FN3O4S/c1-19(2,3)22-17(24)12-21-18(25)13-4-8-15(9-5-13)23-28(26,27)16-10-6-14(20)7-11-16/h4-11,23H,12H2,1-3H3,(H,21,25)(H,22,24). The van der Waals surface area contributed by atoms with Crippen molar-refractivity contribution in [1.82, 2.24) is 10.6 Å². The third-order valence-electron chi connectivity index (χ3n) is 3.45. The number of hydrogen-bond donors (Lipinski definition) is 3. The van der Waals surface area contributed by atoms with Gasteiger partial charge in [-0.05, 0) is 69.3 Å². The van der Waals surface area contributed by atoms with E-state index in [9.17, 15) is 22.4 Å². The summed E-state index contributed by atoms with van der Waals surface area (Å²) in [6.45, 7) is 5.32. The Morgan fingerprint density at radius 2 is 1.54 bits per heavy atom. The fraction of sp³-hybridized carbons (Fsp3) is 0.263. The van der Waals surface area contributed by atoms with Crippen molar-refractivity contribution in [1.29, 1.82) is 0 Å². The number of hydrogen-bond acceptors (Lipinski definition) is 4. The van der Waals surface area contributed by atoms with E-state index in [1.54, 1.807) is 0 Å². The van der Waals surface area contributed by atoms with E-state index in [2.05, 4.69) is 15.4 Å². The largest absolute Gasteiger partial charge is 0.350 e. The molecule has 150 valence electrons. The van der Waals surface area contributed by atoms with Crippen LogP contribution in [0.4, 0.5) is 10.1 Å². The Hall–Kier alpha value is -2.94. The number of nitrogens with one attached hydrogen (secondary N) is 3. The van der Waals surface area contributed by atoms with Crippen molar-refractivity contribution < 1.29 is 22.4 Å². The maximum Gasteiger partial charge on any atom is 0.261 e. The van der Waals surface area contributed by atoms with Gasteiger partial charge in [-0.1, -0.05) is 0 Å². The van der Waals surface area contributed by atoms with Crippen LogP contribution in [0.2, 0.25) is 0 Å². The minimum absolute atomic E-state index is 0.0828. The first-order chi connectivity index (χ1) is 13.0. The Kier molecular flexibility index (Phi) is 6.40. The normalized spacial score (nSPS) is 11.6. The summed E-state index contributed by atoms with van der Waals surface area (Å²) in [6.07, 6.45) is 0. The van der Waals surface area contributed by atoms with Crippen LogP contribution in [0.5, 0.6) is 0 Å². The van der Waals surface area contributed by atoms with Crippen molar-refractivity contribution in [3.63, 3.8) is 0 Å². The maximum atomic E-state index is 12.9. The smallest absolute Gasteiger partial charge is 0.261 e. The lowest BCUT2D eigenvalue weighted by molar-refractivity contribution is -0.121. The van der Waals surface area contributed by atoms with Crippen LogP contribution in [0.3, 0.4) is 0 Å². The van der Waals surface area contributed by atoms with Gasteiger partial charge in [-0.3, -0.25) is 14.3 Å². The molecule has 0 aliphatic carbocycles. The van der Waals surface area contributed by atoms with Gasteiger partial charge in [-0.2, -0.15) is 0 Å². The molecule has 0 heterocycles. The number of amides is 2. The van der Waals surface area contributed by atoms with E-state index in [4.69, 9.17) is 0 Å². The van der Waals surface area contributed by atoms with Gasteiger partial charge in [0.15, 0.2) is 0 Å². The highest BCUT2D eigenvalue weighted by atomic mass is 32.2. The number of carbonyl (C=O) groups excluding carboxylic acids is 2. The second-order valence-corrected chi connectivity index (χ2v) is 8.80. The van der Waals surface area contributed by atoms with E-state index in [0.717, 1.165) is 24.3 Å². The number of anilines is 1. The van der Waals surface area contributed by atoms with E-state index in [0.29, 0.717) is 0 Å². The minimum atomic E-state index is -3.87. The Morgan fingerprint density at radius 1 is 0.964 bits per heavy atom. The van der Waals surface area contributed by atoms with Gasteiger partial charge in [0, 0.05) is 16.8 Å². The van der Waals surface area contributed by atoms with Crippen LogP contribution in [0.1, 0.15) is 31.1 Å². The summed E-state index contributed by atoms with van der Waals surface area (Å²) in [6, 6.07) is 10.1. The Morgan fingerprint density at radius 3 is 2.07 bits per heavy atom. The molecule has 0 saturated carbocycles. The molecule has 0 saturated heterocycles. The fourth-order valence-corrected chi connectivity index (χ4v) is 3.30. The second kappa shape index (κ2) is 8.39. The van der Waals surface area contributed by atoms with Crippen molar-refractivity contribution >= 4 is 27.5 Å². The highest BCUT2D eigenvalue weighted by Gasteiger charge is 2.16. The molecule has 2 aromatic rings. The molecule has 28 heavy (non-hydrogen) atoms. The number of rotatable bonds is 6. The van der Waals surface area contributed by atoms with Crippen molar-refractivity contribution in [2.45, 2.75) is 31.2 Å². The van der Waals surface area contributed by atoms with E-state index in [1.807, 2.05) is 20.8 Å². The number of benzene rings is 2. The molecular formula is C19H22FN3O4S. The minimum Gasteiger partial charge on any atom is -0.350 e. The predicted molar refractivity (Wildman–Crippen MR) is 104 cm³/mol. The Labute approximate surface area is 163 Å². The van der Waals surface area contributed by atoms with E-state index < -0.39 is 27.3 Å². The van der Waals surface area contributed by atoms with Crippen LogP contribution in [0.25, 0.3) is 0 Å². The van der Waals surface area contributed by atoms with Gasteiger partial charge in [-0.25, -0.2) is 12.8 Å². The van der Waals surface area contributed by atoms with E-state index in [1.165, 1.54) is 24.3 Å². The van der Waals surface area contributed by atoms with Crippen molar-refractivity contribution in [2.24, 2.45) is 0 Å².